The summed E-state index contributed by atoms with van der Waals surface area (Å²) in [7, 11) is 0. The van der Waals surface area contributed by atoms with Crippen molar-refractivity contribution in [2.45, 2.75) is 39.3 Å². The molecule has 8 nitrogen and oxygen atoms in total. The first-order chi connectivity index (χ1) is 13.5. The molecule has 1 aliphatic heterocycles. The normalized spacial score (nSPS) is 20.4. The molecule has 1 fully saturated rings. The fourth-order valence-electron chi connectivity index (χ4n) is 4.25. The van der Waals surface area contributed by atoms with Crippen molar-refractivity contribution in [2.24, 2.45) is 5.92 Å². The lowest BCUT2D eigenvalue weighted by atomic mass is 9.89. The van der Waals surface area contributed by atoms with E-state index in [1.807, 2.05) is 0 Å². The van der Waals surface area contributed by atoms with Crippen molar-refractivity contribution >= 4 is 27.5 Å². The number of quaternary nitrogens is 1. The van der Waals surface area contributed by atoms with Gasteiger partial charge in [0.15, 0.2) is 0 Å². The quantitative estimate of drug-likeness (QED) is 0.619. The minimum absolute atomic E-state index is 0.451. The van der Waals surface area contributed by atoms with Gasteiger partial charge in [-0.3, -0.25) is 13.9 Å². The number of aryl methyl sites for hydroxylation is 1. The smallest absolute Gasteiger partial charge is 0.332 e. The van der Waals surface area contributed by atoms with Gasteiger partial charge in [0.05, 0.1) is 44.2 Å². The van der Waals surface area contributed by atoms with Crippen LogP contribution in [0, 0.1) is 5.92 Å². The molecule has 0 radical (unpaired) electrons. The fraction of sp³-hybridized carbons (Fsp3) is 0.632. The van der Waals surface area contributed by atoms with Crippen LogP contribution < -0.4 is 21.3 Å². The first-order valence-corrected chi connectivity index (χ1v) is 10.7. The minimum Gasteiger partial charge on any atom is -0.548 e. The summed E-state index contributed by atoms with van der Waals surface area (Å²) in [5.74, 6) is -0.884. The maximum atomic E-state index is 13.0. The average Bonchev–Trinajstić information content (AvgIpc) is 3.04. The van der Waals surface area contributed by atoms with E-state index in [-0.39, 0.29) is 0 Å². The number of aliphatic carboxylic acids is 1. The highest BCUT2D eigenvalue weighted by atomic mass is 32.1. The Labute approximate surface area is 165 Å². The highest BCUT2D eigenvalue weighted by molar-refractivity contribution is 7.18. The maximum absolute atomic E-state index is 13.0. The van der Waals surface area contributed by atoms with Crippen LogP contribution in [0.1, 0.15) is 23.8 Å². The van der Waals surface area contributed by atoms with E-state index < -0.39 is 23.8 Å². The number of hydrogen-bond acceptors (Lipinski definition) is 6. The van der Waals surface area contributed by atoms with Gasteiger partial charge in [-0.1, -0.05) is 6.92 Å². The molecule has 0 bridgehead atoms. The summed E-state index contributed by atoms with van der Waals surface area (Å²) in [6.07, 6.45) is 2.69. The van der Waals surface area contributed by atoms with E-state index >= 15 is 0 Å². The second-order valence-corrected chi connectivity index (χ2v) is 8.93. The summed E-state index contributed by atoms with van der Waals surface area (Å²) in [5, 5.41) is 11.7. The van der Waals surface area contributed by atoms with Gasteiger partial charge in [0.2, 0.25) is 0 Å². The second kappa shape index (κ2) is 7.81. The predicted molar refractivity (Wildman–Crippen MR) is 103 cm³/mol. The van der Waals surface area contributed by atoms with Crippen LogP contribution in [0.4, 0.5) is 0 Å². The molecule has 28 heavy (non-hydrogen) atoms. The van der Waals surface area contributed by atoms with Crippen molar-refractivity contribution in [1.82, 2.24) is 9.13 Å². The zero-order valence-corrected chi connectivity index (χ0v) is 16.8. The number of carboxylic acid groups (broad SMARTS) is 1. The Morgan fingerprint density at radius 1 is 1.29 bits per heavy atom. The lowest BCUT2D eigenvalue weighted by molar-refractivity contribution is -0.908. The lowest BCUT2D eigenvalue weighted by Crippen LogP contribution is -3.14. The van der Waals surface area contributed by atoms with E-state index in [0.717, 1.165) is 53.9 Å². The number of fused-ring (bicyclic) bond motifs is 3. The number of ether oxygens (including phenoxy) is 1. The van der Waals surface area contributed by atoms with Crippen LogP contribution in [-0.2, 0) is 35.5 Å². The van der Waals surface area contributed by atoms with Crippen molar-refractivity contribution in [3.05, 3.63) is 31.3 Å². The number of nitrogens with one attached hydrogen (secondary N) is 1. The third-order valence-electron chi connectivity index (χ3n) is 5.84. The van der Waals surface area contributed by atoms with E-state index in [1.165, 1.54) is 16.2 Å². The Morgan fingerprint density at radius 3 is 2.75 bits per heavy atom. The Kier molecular flexibility index (Phi) is 5.39. The molecule has 2 aromatic rings. The van der Waals surface area contributed by atoms with E-state index in [1.54, 1.807) is 4.57 Å². The predicted octanol–water partition coefficient (Wildman–Crippen LogP) is -1.99. The Bertz CT molecular complexity index is 1020. The molecule has 2 aliphatic rings. The van der Waals surface area contributed by atoms with E-state index in [0.29, 0.717) is 35.9 Å². The van der Waals surface area contributed by atoms with Crippen LogP contribution in [0.25, 0.3) is 10.2 Å². The van der Waals surface area contributed by atoms with Crippen LogP contribution in [-0.4, -0.2) is 48.0 Å². The molecular weight excluding hydrogens is 382 g/mol. The molecule has 0 aromatic carbocycles. The number of hydrogen-bond donors (Lipinski definition) is 1. The molecule has 0 amide bonds. The zero-order chi connectivity index (χ0) is 19.8. The van der Waals surface area contributed by atoms with Gasteiger partial charge in [0, 0.05) is 4.88 Å². The van der Waals surface area contributed by atoms with Gasteiger partial charge in [0.1, 0.15) is 17.9 Å². The van der Waals surface area contributed by atoms with Gasteiger partial charge in [-0.15, -0.1) is 11.3 Å². The summed E-state index contributed by atoms with van der Waals surface area (Å²) in [4.78, 5) is 40.4. The Hall–Kier alpha value is -1.97. The molecule has 4 rings (SSSR count). The second-order valence-electron chi connectivity index (χ2n) is 7.84. The van der Waals surface area contributed by atoms with Crippen molar-refractivity contribution in [1.29, 1.82) is 0 Å². The zero-order valence-electron chi connectivity index (χ0n) is 16.0. The molecule has 0 saturated carbocycles. The molecular formula is C19H25N3O5S. The highest BCUT2D eigenvalue weighted by Crippen LogP contribution is 2.36. The number of thiophene rings is 1. The standard InChI is InChI=1S/C19H25N3O5S/c1-12-2-3-13-14(10-12)28-18-16(13)17(25)22(11-15(23)24)19(26)21(18)5-4-20-6-8-27-9-7-20/h12H,2-11H2,1H3,(H,23,24)/t12-/m1/s1. The highest BCUT2D eigenvalue weighted by Gasteiger charge is 2.26. The molecule has 0 unspecified atom stereocenters. The SMILES string of the molecule is C[C@@H]1CCc2c(sc3c2c(=O)n(CC(=O)[O-])c(=O)n3CC[NH+]2CCOCC2)C1. The first-order valence-electron chi connectivity index (χ1n) is 9.84. The van der Waals surface area contributed by atoms with Gasteiger partial charge in [-0.05, 0) is 30.7 Å². The topological polar surface area (TPSA) is 97.8 Å². The summed E-state index contributed by atoms with van der Waals surface area (Å²) in [6.45, 7) is 5.84. The van der Waals surface area contributed by atoms with Gasteiger partial charge >= 0.3 is 5.69 Å². The van der Waals surface area contributed by atoms with Crippen LogP contribution in [0.3, 0.4) is 0 Å². The third kappa shape index (κ3) is 3.54. The number of carboxylic acids is 1. The molecule has 9 heteroatoms. The first kappa shape index (κ1) is 19.4. The number of carbonyl (C=O) groups is 1. The number of rotatable bonds is 5. The van der Waals surface area contributed by atoms with Crippen molar-refractivity contribution < 1.29 is 19.5 Å². The van der Waals surface area contributed by atoms with Gasteiger partial charge in [-0.2, -0.15) is 0 Å². The number of carbonyl (C=O) groups excluding carboxylic acids is 1. The third-order valence-corrected chi connectivity index (χ3v) is 7.11. The van der Waals surface area contributed by atoms with Crippen LogP contribution >= 0.6 is 11.3 Å². The van der Waals surface area contributed by atoms with Crippen LogP contribution in [0.2, 0.25) is 0 Å². The molecule has 3 heterocycles. The lowest BCUT2D eigenvalue weighted by Gasteiger charge is -2.24. The summed E-state index contributed by atoms with van der Waals surface area (Å²) >= 11 is 1.53. The minimum atomic E-state index is -1.43. The summed E-state index contributed by atoms with van der Waals surface area (Å²) in [6, 6.07) is 0. The van der Waals surface area contributed by atoms with E-state index in [9.17, 15) is 19.5 Å². The van der Waals surface area contributed by atoms with E-state index in [4.69, 9.17) is 4.74 Å². The van der Waals surface area contributed by atoms with Gasteiger partial charge in [-0.25, -0.2) is 4.79 Å². The molecule has 1 aliphatic carbocycles. The summed E-state index contributed by atoms with van der Waals surface area (Å²) < 4.78 is 7.82. The molecule has 1 N–H and O–H groups in total. The Balaban J connectivity index is 1.82. The van der Waals surface area contributed by atoms with Crippen molar-refractivity contribution in [3.8, 4) is 0 Å². The summed E-state index contributed by atoms with van der Waals surface area (Å²) in [5.41, 5.74) is -0.0464. The van der Waals surface area contributed by atoms with Crippen LogP contribution in [0.5, 0.6) is 0 Å². The van der Waals surface area contributed by atoms with E-state index in [2.05, 4.69) is 6.92 Å². The van der Waals surface area contributed by atoms with Gasteiger partial charge in [0.25, 0.3) is 5.56 Å². The Morgan fingerprint density at radius 2 is 2.04 bits per heavy atom. The molecule has 1 atom stereocenters. The monoisotopic (exact) mass is 407 g/mol. The fourth-order valence-corrected chi connectivity index (χ4v) is 5.77. The largest absolute Gasteiger partial charge is 0.548 e. The molecule has 2 aromatic heterocycles. The van der Waals surface area contributed by atoms with Crippen LogP contribution in [0.15, 0.2) is 9.59 Å². The van der Waals surface area contributed by atoms with Crippen molar-refractivity contribution in [3.63, 3.8) is 0 Å². The maximum Gasteiger partial charge on any atom is 0.332 e. The average molecular weight is 407 g/mol. The molecule has 0 spiro atoms. The number of morpholine rings is 1. The number of aromatic nitrogens is 2. The van der Waals surface area contributed by atoms with Crippen molar-refractivity contribution in [2.75, 3.05) is 32.8 Å². The van der Waals surface area contributed by atoms with Gasteiger partial charge < -0.3 is 19.5 Å². The molecule has 152 valence electrons. The molecule has 1 saturated heterocycles. The number of nitrogens with zero attached hydrogens (tertiary/aromatic N) is 2.